The molecule has 0 bridgehead atoms. The van der Waals surface area contributed by atoms with Crippen LogP contribution in [-0.2, 0) is 16.0 Å². The smallest absolute Gasteiger partial charge is 0.238 e. The molecule has 0 aromatic heterocycles. The Bertz CT molecular complexity index is 1150. The van der Waals surface area contributed by atoms with Gasteiger partial charge in [0.25, 0.3) is 0 Å². The van der Waals surface area contributed by atoms with E-state index in [1.807, 2.05) is 30.3 Å². The van der Waals surface area contributed by atoms with Gasteiger partial charge in [-0.05, 0) is 60.5 Å². The second kappa shape index (κ2) is 10.4. The largest absolute Gasteiger partial charge is 0.325 e. The molecule has 1 atom stereocenters. The molecule has 1 heterocycles. The Morgan fingerprint density at radius 1 is 0.970 bits per heavy atom. The average Bonchev–Trinajstić information content (AvgIpc) is 2.82. The maximum Gasteiger partial charge on any atom is 0.238 e. The SMILES string of the molecule is O=C(Nc1ccc(F)cc1)C1CC(=O)N(CCc2ccccc2)C(=Nc2ccc(F)cc2)S1. The van der Waals surface area contributed by atoms with Crippen LogP contribution in [0, 0.1) is 11.6 Å². The zero-order valence-corrected chi connectivity index (χ0v) is 18.4. The molecule has 3 aromatic carbocycles. The first kappa shape index (κ1) is 22.7. The van der Waals surface area contributed by atoms with Gasteiger partial charge in [-0.2, -0.15) is 0 Å². The minimum Gasteiger partial charge on any atom is -0.325 e. The quantitative estimate of drug-likeness (QED) is 0.547. The predicted octanol–water partition coefficient (Wildman–Crippen LogP) is 5.17. The third kappa shape index (κ3) is 6.04. The summed E-state index contributed by atoms with van der Waals surface area (Å²) in [6, 6.07) is 20.8. The van der Waals surface area contributed by atoms with E-state index in [1.165, 1.54) is 60.3 Å². The van der Waals surface area contributed by atoms with Crippen molar-refractivity contribution in [1.82, 2.24) is 4.90 Å². The molecular formula is C25H21F2N3O2S. The molecule has 1 aliphatic heterocycles. The lowest BCUT2D eigenvalue weighted by Gasteiger charge is -2.32. The van der Waals surface area contributed by atoms with Crippen molar-refractivity contribution in [3.63, 3.8) is 0 Å². The fourth-order valence-corrected chi connectivity index (χ4v) is 4.45. The number of amides is 2. The molecule has 1 unspecified atom stereocenters. The van der Waals surface area contributed by atoms with E-state index in [2.05, 4.69) is 10.3 Å². The van der Waals surface area contributed by atoms with Gasteiger partial charge in [-0.15, -0.1) is 0 Å². The normalized spacial score (nSPS) is 17.3. The Morgan fingerprint density at radius 3 is 2.27 bits per heavy atom. The molecular weight excluding hydrogens is 444 g/mol. The van der Waals surface area contributed by atoms with E-state index >= 15 is 0 Å². The lowest BCUT2D eigenvalue weighted by molar-refractivity contribution is -0.129. The van der Waals surface area contributed by atoms with E-state index < -0.39 is 11.1 Å². The van der Waals surface area contributed by atoms with Crippen LogP contribution >= 0.6 is 11.8 Å². The monoisotopic (exact) mass is 465 g/mol. The van der Waals surface area contributed by atoms with Crippen molar-refractivity contribution in [2.24, 2.45) is 4.99 Å². The van der Waals surface area contributed by atoms with Crippen LogP contribution in [0.4, 0.5) is 20.2 Å². The summed E-state index contributed by atoms with van der Waals surface area (Å²) in [5, 5.41) is 2.41. The molecule has 4 rings (SSSR count). The summed E-state index contributed by atoms with van der Waals surface area (Å²) < 4.78 is 26.5. The van der Waals surface area contributed by atoms with Crippen LogP contribution in [0.15, 0.2) is 83.9 Å². The van der Waals surface area contributed by atoms with Crippen LogP contribution in [0.1, 0.15) is 12.0 Å². The number of carbonyl (C=O) groups excluding carboxylic acids is 2. The summed E-state index contributed by atoms with van der Waals surface area (Å²) in [5.41, 5.74) is 2.00. The van der Waals surface area contributed by atoms with Gasteiger partial charge in [0, 0.05) is 18.7 Å². The fraction of sp³-hybridized carbons (Fsp3) is 0.160. The molecule has 0 spiro atoms. The van der Waals surface area contributed by atoms with Gasteiger partial charge >= 0.3 is 0 Å². The lowest BCUT2D eigenvalue weighted by atomic mass is 10.1. The number of halogens is 2. The zero-order valence-electron chi connectivity index (χ0n) is 17.6. The van der Waals surface area contributed by atoms with Crippen LogP contribution in [0.5, 0.6) is 0 Å². The molecule has 168 valence electrons. The van der Waals surface area contributed by atoms with Crippen LogP contribution in [0.3, 0.4) is 0 Å². The van der Waals surface area contributed by atoms with Gasteiger partial charge in [0.05, 0.1) is 5.69 Å². The highest BCUT2D eigenvalue weighted by Crippen LogP contribution is 2.30. The van der Waals surface area contributed by atoms with Gasteiger partial charge in [0.2, 0.25) is 11.8 Å². The average molecular weight is 466 g/mol. The Labute approximate surface area is 194 Å². The lowest BCUT2D eigenvalue weighted by Crippen LogP contribution is -2.46. The Kier molecular flexibility index (Phi) is 7.14. The molecule has 1 fully saturated rings. The molecule has 0 radical (unpaired) electrons. The molecule has 3 aromatic rings. The molecule has 1 aliphatic rings. The Hall–Kier alpha value is -3.52. The Balaban J connectivity index is 1.54. The molecule has 2 amide bonds. The summed E-state index contributed by atoms with van der Waals surface area (Å²) in [7, 11) is 0. The fourth-order valence-electron chi connectivity index (χ4n) is 3.33. The zero-order chi connectivity index (χ0) is 23.2. The second-order valence-corrected chi connectivity index (χ2v) is 8.63. The van der Waals surface area contributed by atoms with E-state index in [-0.39, 0.29) is 24.1 Å². The highest BCUT2D eigenvalue weighted by Gasteiger charge is 2.35. The van der Waals surface area contributed by atoms with Gasteiger partial charge in [-0.25, -0.2) is 13.8 Å². The number of amidine groups is 1. The number of thioether (sulfide) groups is 1. The van der Waals surface area contributed by atoms with Crippen molar-refractivity contribution >= 4 is 40.1 Å². The van der Waals surface area contributed by atoms with Gasteiger partial charge in [0.15, 0.2) is 5.17 Å². The van der Waals surface area contributed by atoms with E-state index in [9.17, 15) is 18.4 Å². The molecule has 5 nitrogen and oxygen atoms in total. The van der Waals surface area contributed by atoms with E-state index in [0.717, 1.165) is 5.56 Å². The van der Waals surface area contributed by atoms with Gasteiger partial charge in [0.1, 0.15) is 16.9 Å². The molecule has 1 N–H and O–H groups in total. The van der Waals surface area contributed by atoms with Crippen molar-refractivity contribution in [2.45, 2.75) is 18.1 Å². The summed E-state index contributed by atoms with van der Waals surface area (Å²) in [6.07, 6.45) is 0.636. The number of benzene rings is 3. The van der Waals surface area contributed by atoms with Crippen LogP contribution in [-0.4, -0.2) is 33.7 Å². The first-order valence-corrected chi connectivity index (χ1v) is 11.3. The number of rotatable bonds is 6. The van der Waals surface area contributed by atoms with Gasteiger partial charge in [-0.1, -0.05) is 42.1 Å². The predicted molar refractivity (Wildman–Crippen MR) is 126 cm³/mol. The molecule has 1 saturated heterocycles. The molecule has 0 saturated carbocycles. The summed E-state index contributed by atoms with van der Waals surface area (Å²) >= 11 is 1.18. The van der Waals surface area contributed by atoms with Crippen molar-refractivity contribution in [1.29, 1.82) is 0 Å². The van der Waals surface area contributed by atoms with Gasteiger partial charge in [-0.3, -0.25) is 14.5 Å². The van der Waals surface area contributed by atoms with Crippen LogP contribution in [0.25, 0.3) is 0 Å². The third-order valence-electron chi connectivity index (χ3n) is 5.06. The first-order chi connectivity index (χ1) is 16.0. The van der Waals surface area contributed by atoms with Crippen LogP contribution in [0.2, 0.25) is 0 Å². The molecule has 8 heteroatoms. The number of anilines is 1. The van der Waals surface area contributed by atoms with Gasteiger partial charge < -0.3 is 5.32 Å². The highest BCUT2D eigenvalue weighted by molar-refractivity contribution is 8.15. The summed E-state index contributed by atoms with van der Waals surface area (Å²) in [4.78, 5) is 32.0. The number of carbonyl (C=O) groups is 2. The van der Waals surface area contributed by atoms with E-state index in [1.54, 1.807) is 4.90 Å². The maximum atomic E-state index is 13.3. The molecule has 33 heavy (non-hydrogen) atoms. The number of hydrogen-bond donors (Lipinski definition) is 1. The van der Waals surface area contributed by atoms with Crippen molar-refractivity contribution < 1.29 is 18.4 Å². The van der Waals surface area contributed by atoms with E-state index in [4.69, 9.17) is 0 Å². The van der Waals surface area contributed by atoms with E-state index in [0.29, 0.717) is 29.5 Å². The minimum absolute atomic E-state index is 0.00885. The minimum atomic E-state index is -0.699. The van der Waals surface area contributed by atoms with Crippen LogP contribution < -0.4 is 5.32 Å². The highest BCUT2D eigenvalue weighted by atomic mass is 32.2. The summed E-state index contributed by atoms with van der Waals surface area (Å²) in [5.74, 6) is -1.37. The van der Waals surface area contributed by atoms with Crippen molar-refractivity contribution in [3.05, 3.63) is 96.1 Å². The maximum absolute atomic E-state index is 13.3. The number of nitrogens with zero attached hydrogens (tertiary/aromatic N) is 2. The number of aliphatic imine (C=N–C) groups is 1. The number of hydrogen-bond acceptors (Lipinski definition) is 4. The standard InChI is InChI=1S/C25H21F2N3O2S/c26-18-6-10-20(11-7-18)28-24(32)22-16-23(31)30(15-14-17-4-2-1-3-5-17)25(33-22)29-21-12-8-19(27)9-13-21/h1-13,22H,14-16H2,(H,28,32). The third-order valence-corrected chi connectivity index (χ3v) is 6.25. The molecule has 0 aliphatic carbocycles. The second-order valence-electron chi connectivity index (χ2n) is 7.46. The topological polar surface area (TPSA) is 61.8 Å². The Morgan fingerprint density at radius 2 is 1.61 bits per heavy atom. The summed E-state index contributed by atoms with van der Waals surface area (Å²) in [6.45, 7) is 0.405. The number of nitrogens with one attached hydrogen (secondary N) is 1. The first-order valence-electron chi connectivity index (χ1n) is 10.4. The van der Waals surface area contributed by atoms with Crippen molar-refractivity contribution in [2.75, 3.05) is 11.9 Å². The van der Waals surface area contributed by atoms with Crippen molar-refractivity contribution in [3.8, 4) is 0 Å².